The van der Waals surface area contributed by atoms with Crippen molar-refractivity contribution in [2.75, 3.05) is 40.3 Å². The van der Waals surface area contributed by atoms with Crippen molar-refractivity contribution in [1.29, 1.82) is 0 Å². The van der Waals surface area contributed by atoms with E-state index in [1.807, 2.05) is 41.2 Å². The van der Waals surface area contributed by atoms with E-state index in [-0.39, 0.29) is 12.6 Å². The molecule has 0 saturated heterocycles. The molecule has 28 heavy (non-hydrogen) atoms. The van der Waals surface area contributed by atoms with Gasteiger partial charge in [0, 0.05) is 44.1 Å². The van der Waals surface area contributed by atoms with Crippen molar-refractivity contribution in [1.82, 2.24) is 25.3 Å². The van der Waals surface area contributed by atoms with Gasteiger partial charge in [-0.1, -0.05) is 23.7 Å². The second-order valence-corrected chi connectivity index (χ2v) is 6.72. The number of aromatic nitrogens is 2. The predicted octanol–water partition coefficient (Wildman–Crippen LogP) is 2.79. The minimum atomic E-state index is -4.20. The zero-order chi connectivity index (χ0) is 20.6. The Kier molecular flexibility index (Phi) is 8.13. The maximum absolute atomic E-state index is 12.4. The number of alkyl halides is 3. The van der Waals surface area contributed by atoms with Gasteiger partial charge in [0.1, 0.15) is 0 Å². The van der Waals surface area contributed by atoms with Crippen LogP contribution in [-0.2, 0) is 0 Å². The van der Waals surface area contributed by atoms with E-state index in [0.29, 0.717) is 24.1 Å². The van der Waals surface area contributed by atoms with Crippen LogP contribution < -0.4 is 10.6 Å². The summed E-state index contributed by atoms with van der Waals surface area (Å²) >= 11 is 5.97. The molecule has 1 unspecified atom stereocenters. The first-order valence-corrected chi connectivity index (χ1v) is 9.10. The molecular formula is C18H24ClF3N6. The van der Waals surface area contributed by atoms with Crippen molar-refractivity contribution in [2.45, 2.75) is 12.2 Å². The molecule has 0 fully saturated rings. The standard InChI is InChI=1S/C18H24ClF3N6/c1-23-17(24-9-11-27(2)13-18(20,21)22)25-12-16(28-10-3-8-26-28)14-4-6-15(19)7-5-14/h3-8,10,16H,9,11-13H2,1-2H3,(H2,23,24,25). The van der Waals surface area contributed by atoms with Crippen molar-refractivity contribution in [3.63, 3.8) is 0 Å². The summed E-state index contributed by atoms with van der Waals surface area (Å²) in [5.41, 5.74) is 1.01. The van der Waals surface area contributed by atoms with Gasteiger partial charge in [-0.3, -0.25) is 14.6 Å². The molecule has 6 nitrogen and oxygen atoms in total. The van der Waals surface area contributed by atoms with Gasteiger partial charge in [0.05, 0.1) is 12.6 Å². The molecular weight excluding hydrogens is 393 g/mol. The van der Waals surface area contributed by atoms with E-state index < -0.39 is 12.7 Å². The van der Waals surface area contributed by atoms with Gasteiger partial charge < -0.3 is 10.6 Å². The van der Waals surface area contributed by atoms with Gasteiger partial charge in [-0.2, -0.15) is 18.3 Å². The second-order valence-electron chi connectivity index (χ2n) is 6.29. The Morgan fingerprint density at radius 2 is 2.00 bits per heavy atom. The molecule has 0 amide bonds. The fourth-order valence-electron chi connectivity index (χ4n) is 2.68. The summed E-state index contributed by atoms with van der Waals surface area (Å²) in [5.74, 6) is 0.506. The molecule has 2 N–H and O–H groups in total. The van der Waals surface area contributed by atoms with Crippen LogP contribution in [0.5, 0.6) is 0 Å². The van der Waals surface area contributed by atoms with Gasteiger partial charge in [-0.15, -0.1) is 0 Å². The van der Waals surface area contributed by atoms with Crippen molar-refractivity contribution in [2.24, 2.45) is 4.99 Å². The molecule has 0 aliphatic rings. The lowest BCUT2D eigenvalue weighted by atomic mass is 10.1. The summed E-state index contributed by atoms with van der Waals surface area (Å²) < 4.78 is 38.9. The first-order valence-electron chi connectivity index (χ1n) is 8.73. The number of nitrogens with zero attached hydrogens (tertiary/aromatic N) is 4. The van der Waals surface area contributed by atoms with E-state index in [0.717, 1.165) is 5.56 Å². The molecule has 0 radical (unpaired) electrons. The highest BCUT2D eigenvalue weighted by Crippen LogP contribution is 2.19. The van der Waals surface area contributed by atoms with Gasteiger partial charge in [0.2, 0.25) is 0 Å². The van der Waals surface area contributed by atoms with Crippen LogP contribution in [0.3, 0.4) is 0 Å². The highest BCUT2D eigenvalue weighted by atomic mass is 35.5. The summed E-state index contributed by atoms with van der Waals surface area (Å²) in [5, 5.41) is 11.2. The SMILES string of the molecule is CN=C(NCCN(C)CC(F)(F)F)NCC(c1ccc(Cl)cc1)n1cccn1. The number of nitrogens with one attached hydrogen (secondary N) is 2. The summed E-state index contributed by atoms with van der Waals surface area (Å²) in [6.07, 6.45) is -0.639. The Morgan fingerprint density at radius 1 is 1.29 bits per heavy atom. The maximum atomic E-state index is 12.4. The number of rotatable bonds is 8. The highest BCUT2D eigenvalue weighted by molar-refractivity contribution is 6.30. The van der Waals surface area contributed by atoms with E-state index in [1.54, 1.807) is 13.2 Å². The van der Waals surface area contributed by atoms with Crippen molar-refractivity contribution in [3.8, 4) is 0 Å². The van der Waals surface area contributed by atoms with Crippen LogP contribution in [0.2, 0.25) is 5.02 Å². The lowest BCUT2D eigenvalue weighted by molar-refractivity contribution is -0.142. The molecule has 1 aromatic heterocycles. The Balaban J connectivity index is 1.91. The Labute approximate surface area is 167 Å². The molecule has 0 bridgehead atoms. The molecule has 2 rings (SSSR count). The fourth-order valence-corrected chi connectivity index (χ4v) is 2.80. The van der Waals surface area contributed by atoms with Gasteiger partial charge in [-0.25, -0.2) is 0 Å². The van der Waals surface area contributed by atoms with Crippen LogP contribution in [-0.4, -0.2) is 67.1 Å². The average Bonchev–Trinajstić information content (AvgIpc) is 3.14. The third-order valence-corrected chi connectivity index (χ3v) is 4.27. The zero-order valence-electron chi connectivity index (χ0n) is 15.7. The van der Waals surface area contributed by atoms with Gasteiger partial charge in [0.25, 0.3) is 0 Å². The molecule has 1 heterocycles. The lowest BCUT2D eigenvalue weighted by Gasteiger charge is -2.22. The van der Waals surface area contributed by atoms with E-state index in [4.69, 9.17) is 11.6 Å². The molecule has 154 valence electrons. The molecule has 0 saturated carbocycles. The highest BCUT2D eigenvalue weighted by Gasteiger charge is 2.28. The van der Waals surface area contributed by atoms with Crippen LogP contribution in [0.25, 0.3) is 0 Å². The van der Waals surface area contributed by atoms with Gasteiger partial charge in [0.15, 0.2) is 5.96 Å². The minimum Gasteiger partial charge on any atom is -0.355 e. The number of aliphatic imine (C=N–C) groups is 1. The molecule has 2 aromatic rings. The third-order valence-electron chi connectivity index (χ3n) is 4.02. The van der Waals surface area contributed by atoms with Gasteiger partial charge in [-0.05, 0) is 30.8 Å². The number of likely N-dealkylation sites (N-methyl/N-ethyl adjacent to an activating group) is 1. The number of benzene rings is 1. The zero-order valence-corrected chi connectivity index (χ0v) is 16.5. The molecule has 1 aromatic carbocycles. The largest absolute Gasteiger partial charge is 0.401 e. The fraction of sp³-hybridized carbons (Fsp3) is 0.444. The summed E-state index contributed by atoms with van der Waals surface area (Å²) in [6, 6.07) is 9.23. The topological polar surface area (TPSA) is 57.5 Å². The second kappa shape index (κ2) is 10.3. The van der Waals surface area contributed by atoms with Crippen LogP contribution in [0.4, 0.5) is 13.2 Å². The van der Waals surface area contributed by atoms with E-state index in [1.165, 1.54) is 11.9 Å². The Hall–Kier alpha value is -2.26. The normalized spacial score (nSPS) is 13.6. The summed E-state index contributed by atoms with van der Waals surface area (Å²) in [6.45, 7) is 0.111. The van der Waals surface area contributed by atoms with Crippen molar-refractivity contribution in [3.05, 3.63) is 53.3 Å². The molecule has 0 aliphatic heterocycles. The third kappa shape index (κ3) is 7.40. The number of hydrogen-bond donors (Lipinski definition) is 2. The summed E-state index contributed by atoms with van der Waals surface area (Å²) in [7, 11) is 3.04. The predicted molar refractivity (Wildman–Crippen MR) is 105 cm³/mol. The molecule has 1 atom stereocenters. The maximum Gasteiger partial charge on any atom is 0.401 e. The monoisotopic (exact) mass is 416 g/mol. The van der Waals surface area contributed by atoms with Crippen molar-refractivity contribution >= 4 is 17.6 Å². The molecule has 10 heteroatoms. The Bertz CT molecular complexity index is 731. The van der Waals surface area contributed by atoms with Crippen LogP contribution in [0.1, 0.15) is 11.6 Å². The average molecular weight is 417 g/mol. The number of guanidine groups is 1. The van der Waals surface area contributed by atoms with Gasteiger partial charge >= 0.3 is 6.18 Å². The Morgan fingerprint density at radius 3 is 2.57 bits per heavy atom. The minimum absolute atomic E-state index is 0.0984. The van der Waals surface area contributed by atoms with E-state index in [2.05, 4.69) is 20.7 Å². The van der Waals surface area contributed by atoms with E-state index >= 15 is 0 Å². The summed E-state index contributed by atoms with van der Waals surface area (Å²) in [4.78, 5) is 5.33. The molecule has 0 spiro atoms. The number of hydrogen-bond acceptors (Lipinski definition) is 3. The van der Waals surface area contributed by atoms with Crippen LogP contribution in [0.15, 0.2) is 47.7 Å². The van der Waals surface area contributed by atoms with E-state index in [9.17, 15) is 13.2 Å². The lowest BCUT2D eigenvalue weighted by Crippen LogP contribution is -2.44. The van der Waals surface area contributed by atoms with Crippen molar-refractivity contribution < 1.29 is 13.2 Å². The first-order chi connectivity index (χ1) is 13.3. The van der Waals surface area contributed by atoms with Crippen LogP contribution in [0, 0.1) is 0 Å². The van der Waals surface area contributed by atoms with Crippen LogP contribution >= 0.6 is 11.6 Å². The smallest absolute Gasteiger partial charge is 0.355 e. The number of halogens is 4. The molecule has 0 aliphatic carbocycles. The first kappa shape index (κ1) is 22.0. The quantitative estimate of drug-likeness (QED) is 0.513.